The summed E-state index contributed by atoms with van der Waals surface area (Å²) >= 11 is 5.99. The van der Waals surface area contributed by atoms with Crippen LogP contribution in [0, 0.1) is 10.3 Å². The van der Waals surface area contributed by atoms with E-state index in [0.717, 1.165) is 51.4 Å². The molecule has 2 saturated heterocycles. The van der Waals surface area contributed by atoms with Crippen LogP contribution >= 0.6 is 11.6 Å². The van der Waals surface area contributed by atoms with Crippen LogP contribution in [-0.2, 0) is 14.8 Å². The van der Waals surface area contributed by atoms with Gasteiger partial charge in [0.25, 0.3) is 0 Å². The second-order valence-corrected chi connectivity index (χ2v) is 11.8. The van der Waals surface area contributed by atoms with Crippen LogP contribution in [0.25, 0.3) is 0 Å². The Balaban J connectivity index is 1.61. The summed E-state index contributed by atoms with van der Waals surface area (Å²) < 4.78 is 29.3. The molecule has 7 nitrogen and oxygen atoms in total. The molecule has 1 aromatic rings. The first-order valence-electron chi connectivity index (χ1n) is 11.7. The Labute approximate surface area is 195 Å². The van der Waals surface area contributed by atoms with Crippen LogP contribution in [0.15, 0.2) is 34.3 Å². The zero-order valence-electron chi connectivity index (χ0n) is 18.6. The summed E-state index contributed by atoms with van der Waals surface area (Å²) in [4.78, 5) is 26.1. The Hall–Kier alpha value is -1.51. The third-order valence-corrected chi connectivity index (χ3v) is 9.85. The van der Waals surface area contributed by atoms with Gasteiger partial charge in [0, 0.05) is 30.1 Å². The van der Waals surface area contributed by atoms with Crippen LogP contribution in [0.4, 0.5) is 0 Å². The first kappa shape index (κ1) is 23.6. The highest BCUT2D eigenvalue weighted by Gasteiger charge is 2.57. The Morgan fingerprint density at radius 3 is 2.44 bits per heavy atom. The fourth-order valence-electron chi connectivity index (χ4n) is 5.74. The number of amides is 1. The number of nitroso groups, excluding NO2 is 1. The van der Waals surface area contributed by atoms with Crippen LogP contribution in [0.1, 0.15) is 64.7 Å². The molecule has 1 saturated carbocycles. The van der Waals surface area contributed by atoms with Gasteiger partial charge in [-0.3, -0.25) is 4.79 Å². The summed E-state index contributed by atoms with van der Waals surface area (Å²) in [6.45, 7) is 2.82. The van der Waals surface area contributed by atoms with Crippen LogP contribution < -0.4 is 0 Å². The SMILES string of the molecule is CC[C@@H]1CCC[C@H](C2(CC(=O)N3CCC[C@H]3CN=O)CC2)N1S(=O)(=O)c1ccc(Cl)cc1. The Morgan fingerprint density at radius 2 is 1.81 bits per heavy atom. The molecule has 0 spiro atoms. The first-order chi connectivity index (χ1) is 15.3. The zero-order chi connectivity index (χ0) is 22.9. The predicted octanol–water partition coefficient (Wildman–Crippen LogP) is 4.59. The van der Waals surface area contributed by atoms with E-state index in [0.29, 0.717) is 18.0 Å². The Morgan fingerprint density at radius 1 is 1.12 bits per heavy atom. The van der Waals surface area contributed by atoms with Gasteiger partial charge in [0.1, 0.15) is 6.54 Å². The van der Waals surface area contributed by atoms with E-state index in [-0.39, 0.29) is 40.9 Å². The number of piperidine rings is 1. The molecule has 176 valence electrons. The minimum atomic E-state index is -3.71. The number of benzene rings is 1. The van der Waals surface area contributed by atoms with Gasteiger partial charge in [-0.15, -0.1) is 0 Å². The quantitative estimate of drug-likeness (QED) is 0.508. The van der Waals surface area contributed by atoms with E-state index >= 15 is 0 Å². The Kier molecular flexibility index (Phi) is 6.94. The number of hydrogen-bond acceptors (Lipinski definition) is 5. The van der Waals surface area contributed by atoms with Crippen molar-refractivity contribution in [2.24, 2.45) is 10.6 Å². The molecule has 1 amide bonds. The highest BCUT2D eigenvalue weighted by atomic mass is 35.5. The highest BCUT2D eigenvalue weighted by Crippen LogP contribution is 2.57. The van der Waals surface area contributed by atoms with Gasteiger partial charge >= 0.3 is 0 Å². The molecule has 9 heteroatoms. The van der Waals surface area contributed by atoms with Crippen molar-refractivity contribution >= 4 is 27.5 Å². The third kappa shape index (κ3) is 4.46. The topological polar surface area (TPSA) is 87.1 Å². The van der Waals surface area contributed by atoms with E-state index in [1.54, 1.807) is 33.5 Å². The number of sulfonamides is 1. The fraction of sp³-hybridized carbons (Fsp3) is 0.696. The lowest BCUT2D eigenvalue weighted by molar-refractivity contribution is -0.134. The smallest absolute Gasteiger partial charge is 0.243 e. The molecule has 3 aliphatic rings. The minimum Gasteiger partial charge on any atom is -0.338 e. The van der Waals surface area contributed by atoms with Crippen molar-refractivity contribution in [3.05, 3.63) is 34.2 Å². The predicted molar refractivity (Wildman–Crippen MR) is 124 cm³/mol. The second-order valence-electron chi connectivity index (χ2n) is 9.53. The highest BCUT2D eigenvalue weighted by molar-refractivity contribution is 7.89. The standard InChI is InChI=1S/C23H32ClN3O4S/c1-2-18-5-3-7-21(27(18)32(30,31)20-10-8-17(24)9-11-20)23(12-13-23)15-22(28)26-14-4-6-19(26)16-25-29/h8-11,18-19,21H,2-7,12-16H2,1H3/t18-,19+,21-/m1/s1. The summed E-state index contributed by atoms with van der Waals surface area (Å²) in [5.74, 6) is 0.0381. The molecule has 3 fully saturated rings. The van der Waals surface area contributed by atoms with E-state index in [2.05, 4.69) is 5.18 Å². The molecule has 0 aromatic heterocycles. The summed E-state index contributed by atoms with van der Waals surface area (Å²) in [5.41, 5.74) is -0.313. The summed E-state index contributed by atoms with van der Waals surface area (Å²) in [6.07, 6.45) is 7.07. The summed E-state index contributed by atoms with van der Waals surface area (Å²) in [5, 5.41) is 3.52. The molecule has 3 atom stereocenters. The van der Waals surface area contributed by atoms with Crippen LogP contribution in [0.5, 0.6) is 0 Å². The average Bonchev–Trinajstić information content (AvgIpc) is 3.41. The van der Waals surface area contributed by atoms with E-state index in [9.17, 15) is 18.1 Å². The van der Waals surface area contributed by atoms with E-state index in [1.165, 1.54) is 0 Å². The van der Waals surface area contributed by atoms with Gasteiger partial charge in [0.05, 0.1) is 10.9 Å². The van der Waals surface area contributed by atoms with Crippen LogP contribution in [-0.4, -0.2) is 54.7 Å². The van der Waals surface area contributed by atoms with Gasteiger partial charge < -0.3 is 4.90 Å². The first-order valence-corrected chi connectivity index (χ1v) is 13.5. The van der Waals surface area contributed by atoms with Crippen LogP contribution in [0.3, 0.4) is 0 Å². The van der Waals surface area contributed by atoms with Gasteiger partial charge in [-0.25, -0.2) is 8.42 Å². The number of halogens is 1. The summed E-state index contributed by atoms with van der Waals surface area (Å²) in [6, 6.07) is 6.00. The van der Waals surface area contributed by atoms with Gasteiger partial charge in [0.15, 0.2) is 0 Å². The van der Waals surface area contributed by atoms with Crippen molar-refractivity contribution in [2.75, 3.05) is 13.1 Å². The van der Waals surface area contributed by atoms with Crippen molar-refractivity contribution in [1.29, 1.82) is 0 Å². The molecule has 0 N–H and O–H groups in total. The van der Waals surface area contributed by atoms with Gasteiger partial charge in [-0.2, -0.15) is 9.21 Å². The molecule has 2 aliphatic heterocycles. The number of hydrogen-bond donors (Lipinski definition) is 0. The molecule has 32 heavy (non-hydrogen) atoms. The normalized spacial score (nSPS) is 27.9. The van der Waals surface area contributed by atoms with Crippen molar-refractivity contribution in [2.45, 2.75) is 87.7 Å². The van der Waals surface area contributed by atoms with E-state index in [4.69, 9.17) is 11.6 Å². The zero-order valence-corrected chi connectivity index (χ0v) is 20.2. The molecule has 4 rings (SSSR count). The van der Waals surface area contributed by atoms with Gasteiger partial charge in [0.2, 0.25) is 15.9 Å². The number of likely N-dealkylation sites (tertiary alicyclic amines) is 1. The van der Waals surface area contributed by atoms with Gasteiger partial charge in [-0.05, 0) is 74.6 Å². The number of rotatable bonds is 8. The Bertz CT molecular complexity index is 948. The average molecular weight is 482 g/mol. The maximum absolute atomic E-state index is 13.8. The largest absolute Gasteiger partial charge is 0.338 e. The van der Waals surface area contributed by atoms with Crippen molar-refractivity contribution < 1.29 is 13.2 Å². The molecular weight excluding hydrogens is 450 g/mol. The molecule has 1 aliphatic carbocycles. The number of carbonyl (C=O) groups excluding carboxylic acids is 1. The maximum atomic E-state index is 13.8. The lowest BCUT2D eigenvalue weighted by Gasteiger charge is -2.45. The van der Waals surface area contributed by atoms with Crippen LogP contribution in [0.2, 0.25) is 5.02 Å². The number of carbonyl (C=O) groups is 1. The molecule has 2 heterocycles. The van der Waals surface area contributed by atoms with E-state index in [1.807, 2.05) is 6.92 Å². The summed E-state index contributed by atoms with van der Waals surface area (Å²) in [7, 11) is -3.71. The number of nitrogens with zero attached hydrogens (tertiary/aromatic N) is 3. The van der Waals surface area contributed by atoms with Gasteiger partial charge in [-0.1, -0.05) is 30.1 Å². The minimum absolute atomic E-state index is 0.0381. The maximum Gasteiger partial charge on any atom is 0.243 e. The molecule has 0 radical (unpaired) electrons. The molecule has 1 aromatic carbocycles. The third-order valence-electron chi connectivity index (χ3n) is 7.63. The van der Waals surface area contributed by atoms with E-state index < -0.39 is 10.0 Å². The lowest BCUT2D eigenvalue weighted by atomic mass is 9.83. The van der Waals surface area contributed by atoms with Crippen molar-refractivity contribution in [1.82, 2.24) is 9.21 Å². The van der Waals surface area contributed by atoms with Crippen molar-refractivity contribution in [3.63, 3.8) is 0 Å². The lowest BCUT2D eigenvalue weighted by Crippen LogP contribution is -2.54. The molecule has 0 unspecified atom stereocenters. The fourth-order valence-corrected chi connectivity index (χ4v) is 7.90. The monoisotopic (exact) mass is 481 g/mol. The second kappa shape index (κ2) is 9.39. The molecular formula is C23H32ClN3O4S. The van der Waals surface area contributed by atoms with Crippen molar-refractivity contribution in [3.8, 4) is 0 Å². The molecule has 0 bridgehead atoms.